The highest BCUT2D eigenvalue weighted by Crippen LogP contribution is 2.10. The Morgan fingerprint density at radius 3 is 2.30 bits per heavy atom. The Bertz CT molecular complexity index is 91.6. The second kappa shape index (κ2) is 3.91. The van der Waals surface area contributed by atoms with E-state index in [1.54, 1.807) is 0 Å². The highest BCUT2D eigenvalue weighted by molar-refractivity contribution is 4.66. The van der Waals surface area contributed by atoms with Crippen LogP contribution in [0.4, 0.5) is 0 Å². The van der Waals surface area contributed by atoms with Gasteiger partial charge in [0.2, 0.25) is 0 Å². The van der Waals surface area contributed by atoms with Crippen LogP contribution in [-0.2, 0) is 0 Å². The lowest BCUT2D eigenvalue weighted by Gasteiger charge is -2.29. The molecule has 10 heavy (non-hydrogen) atoms. The molecule has 0 aromatic carbocycles. The van der Waals surface area contributed by atoms with Crippen LogP contribution in [0.3, 0.4) is 0 Å². The normalized spacial score (nSPS) is 24.6. The number of rotatable bonds is 2. The van der Waals surface area contributed by atoms with Crippen LogP contribution in [0.25, 0.3) is 0 Å². The molecule has 0 bridgehead atoms. The molecule has 1 heterocycles. The SMILES string of the molecule is OCC(O)N1CCCCC1. The second-order valence-corrected chi connectivity index (χ2v) is 2.76. The molecule has 0 aromatic heterocycles. The lowest BCUT2D eigenvalue weighted by Crippen LogP contribution is -2.41. The summed E-state index contributed by atoms with van der Waals surface area (Å²) in [5.41, 5.74) is 0. The maximum atomic E-state index is 9.16. The largest absolute Gasteiger partial charge is 0.392 e. The number of aliphatic hydroxyl groups is 2. The minimum absolute atomic E-state index is 0.139. The molecule has 1 aliphatic rings. The fraction of sp³-hybridized carbons (Fsp3) is 1.00. The molecule has 2 N–H and O–H groups in total. The quantitative estimate of drug-likeness (QED) is 0.564. The van der Waals surface area contributed by atoms with Gasteiger partial charge in [-0.15, -0.1) is 0 Å². The summed E-state index contributed by atoms with van der Waals surface area (Å²) in [6.07, 6.45) is 2.93. The van der Waals surface area contributed by atoms with Crippen molar-refractivity contribution in [3.8, 4) is 0 Å². The van der Waals surface area contributed by atoms with E-state index in [0.717, 1.165) is 25.9 Å². The zero-order valence-electron chi connectivity index (χ0n) is 6.16. The topological polar surface area (TPSA) is 43.7 Å². The van der Waals surface area contributed by atoms with Crippen LogP contribution >= 0.6 is 0 Å². The van der Waals surface area contributed by atoms with E-state index in [0.29, 0.717) is 0 Å². The molecule has 1 aliphatic heterocycles. The smallest absolute Gasteiger partial charge is 0.130 e. The van der Waals surface area contributed by atoms with E-state index in [1.807, 2.05) is 4.90 Å². The van der Waals surface area contributed by atoms with E-state index in [1.165, 1.54) is 6.42 Å². The first kappa shape index (κ1) is 7.98. The van der Waals surface area contributed by atoms with E-state index >= 15 is 0 Å². The summed E-state index contributed by atoms with van der Waals surface area (Å²) in [6.45, 7) is 1.73. The summed E-state index contributed by atoms with van der Waals surface area (Å²) < 4.78 is 0. The zero-order chi connectivity index (χ0) is 7.40. The molecular weight excluding hydrogens is 130 g/mol. The number of piperidine rings is 1. The van der Waals surface area contributed by atoms with E-state index in [-0.39, 0.29) is 6.61 Å². The van der Waals surface area contributed by atoms with Crippen molar-refractivity contribution in [2.24, 2.45) is 0 Å². The van der Waals surface area contributed by atoms with Gasteiger partial charge < -0.3 is 10.2 Å². The molecule has 0 aliphatic carbocycles. The Balaban J connectivity index is 2.24. The van der Waals surface area contributed by atoms with Gasteiger partial charge in [-0.2, -0.15) is 0 Å². The van der Waals surface area contributed by atoms with Gasteiger partial charge in [0, 0.05) is 13.1 Å². The maximum Gasteiger partial charge on any atom is 0.130 e. The third-order valence-electron chi connectivity index (χ3n) is 1.98. The minimum atomic E-state index is -0.625. The standard InChI is InChI=1S/C7H15NO2/c9-6-7(10)8-4-2-1-3-5-8/h7,9-10H,1-6H2. The number of hydrogen-bond acceptors (Lipinski definition) is 3. The van der Waals surface area contributed by atoms with Gasteiger partial charge in [-0.05, 0) is 12.8 Å². The van der Waals surface area contributed by atoms with E-state index < -0.39 is 6.23 Å². The predicted molar refractivity (Wildman–Crippen MR) is 38.5 cm³/mol. The van der Waals surface area contributed by atoms with E-state index in [4.69, 9.17) is 10.2 Å². The molecule has 1 rings (SSSR count). The molecule has 0 aromatic rings. The van der Waals surface area contributed by atoms with Crippen molar-refractivity contribution in [3.63, 3.8) is 0 Å². The van der Waals surface area contributed by atoms with Crippen molar-refractivity contribution < 1.29 is 10.2 Å². The number of hydrogen-bond donors (Lipinski definition) is 2. The first-order chi connectivity index (χ1) is 4.84. The van der Waals surface area contributed by atoms with Crippen molar-refractivity contribution in [2.45, 2.75) is 25.5 Å². The maximum absolute atomic E-state index is 9.16. The van der Waals surface area contributed by atoms with E-state index in [2.05, 4.69) is 0 Å². The van der Waals surface area contributed by atoms with Crippen LogP contribution < -0.4 is 0 Å². The van der Waals surface area contributed by atoms with Crippen LogP contribution in [-0.4, -0.2) is 41.0 Å². The molecule has 3 heteroatoms. The lowest BCUT2D eigenvalue weighted by atomic mass is 10.1. The Morgan fingerprint density at radius 1 is 1.20 bits per heavy atom. The molecule has 60 valence electrons. The molecule has 1 saturated heterocycles. The monoisotopic (exact) mass is 145 g/mol. The number of likely N-dealkylation sites (tertiary alicyclic amines) is 1. The van der Waals surface area contributed by atoms with Crippen LogP contribution in [0.1, 0.15) is 19.3 Å². The van der Waals surface area contributed by atoms with Gasteiger partial charge in [0.25, 0.3) is 0 Å². The summed E-state index contributed by atoms with van der Waals surface area (Å²) in [6, 6.07) is 0. The lowest BCUT2D eigenvalue weighted by molar-refractivity contribution is -0.0430. The first-order valence-electron chi connectivity index (χ1n) is 3.87. The first-order valence-corrected chi connectivity index (χ1v) is 3.87. The Hall–Kier alpha value is -0.120. The Labute approximate surface area is 61.3 Å². The molecule has 0 amide bonds. The predicted octanol–water partition coefficient (Wildman–Crippen LogP) is -0.217. The molecule has 1 fully saturated rings. The molecule has 0 radical (unpaired) electrons. The molecule has 1 atom stereocenters. The number of aliphatic hydroxyl groups excluding tert-OH is 2. The molecule has 0 saturated carbocycles. The number of nitrogens with zero attached hydrogens (tertiary/aromatic N) is 1. The fourth-order valence-electron chi connectivity index (χ4n) is 1.33. The molecule has 1 unspecified atom stereocenters. The van der Waals surface area contributed by atoms with Gasteiger partial charge in [-0.1, -0.05) is 6.42 Å². The van der Waals surface area contributed by atoms with Gasteiger partial charge in [-0.3, -0.25) is 4.90 Å². The van der Waals surface area contributed by atoms with E-state index in [9.17, 15) is 0 Å². The summed E-state index contributed by atoms with van der Waals surface area (Å²) >= 11 is 0. The molecule has 0 spiro atoms. The van der Waals surface area contributed by atoms with Crippen molar-refractivity contribution in [2.75, 3.05) is 19.7 Å². The van der Waals surface area contributed by atoms with Crippen molar-refractivity contribution in [1.82, 2.24) is 4.90 Å². The van der Waals surface area contributed by atoms with Gasteiger partial charge >= 0.3 is 0 Å². The Morgan fingerprint density at radius 2 is 1.80 bits per heavy atom. The summed E-state index contributed by atoms with van der Waals surface area (Å²) in [7, 11) is 0. The van der Waals surface area contributed by atoms with Gasteiger partial charge in [0.05, 0.1) is 6.61 Å². The third-order valence-corrected chi connectivity index (χ3v) is 1.98. The van der Waals surface area contributed by atoms with Crippen LogP contribution in [0.2, 0.25) is 0 Å². The van der Waals surface area contributed by atoms with Crippen LogP contribution in [0.5, 0.6) is 0 Å². The van der Waals surface area contributed by atoms with Crippen molar-refractivity contribution >= 4 is 0 Å². The highest BCUT2D eigenvalue weighted by Gasteiger charge is 2.16. The fourth-order valence-corrected chi connectivity index (χ4v) is 1.33. The summed E-state index contributed by atoms with van der Waals surface area (Å²) in [5.74, 6) is 0. The zero-order valence-corrected chi connectivity index (χ0v) is 6.16. The third kappa shape index (κ3) is 1.94. The summed E-state index contributed by atoms with van der Waals surface area (Å²) in [4.78, 5) is 1.92. The molecule has 3 nitrogen and oxygen atoms in total. The van der Waals surface area contributed by atoms with Crippen molar-refractivity contribution in [3.05, 3.63) is 0 Å². The van der Waals surface area contributed by atoms with Gasteiger partial charge in [0.15, 0.2) is 0 Å². The van der Waals surface area contributed by atoms with Crippen LogP contribution in [0.15, 0.2) is 0 Å². The average molecular weight is 145 g/mol. The average Bonchev–Trinajstić information content (AvgIpc) is 2.05. The highest BCUT2D eigenvalue weighted by atomic mass is 16.3. The van der Waals surface area contributed by atoms with Crippen LogP contribution in [0, 0.1) is 0 Å². The van der Waals surface area contributed by atoms with Gasteiger partial charge in [0.1, 0.15) is 6.23 Å². The Kier molecular flexibility index (Phi) is 3.12. The molecular formula is C7H15NO2. The summed E-state index contributed by atoms with van der Waals surface area (Å²) in [5, 5.41) is 17.8. The van der Waals surface area contributed by atoms with Crippen molar-refractivity contribution in [1.29, 1.82) is 0 Å². The minimum Gasteiger partial charge on any atom is -0.392 e. The van der Waals surface area contributed by atoms with Gasteiger partial charge in [-0.25, -0.2) is 0 Å². The second-order valence-electron chi connectivity index (χ2n) is 2.76.